The van der Waals surface area contributed by atoms with Crippen LogP contribution in [-0.2, 0) is 9.59 Å². The Morgan fingerprint density at radius 1 is 1.17 bits per heavy atom. The van der Waals surface area contributed by atoms with Crippen molar-refractivity contribution in [3.05, 3.63) is 11.1 Å². The Labute approximate surface area is 108 Å². The molecular weight excluding hydrogens is 234 g/mol. The van der Waals surface area contributed by atoms with Crippen LogP contribution in [0.1, 0.15) is 41.0 Å². The van der Waals surface area contributed by atoms with Crippen LogP contribution < -0.4 is 5.32 Å². The van der Waals surface area contributed by atoms with Crippen molar-refractivity contribution in [3.8, 4) is 0 Å². The third kappa shape index (κ3) is 4.87. The van der Waals surface area contributed by atoms with Crippen LogP contribution in [0.2, 0.25) is 0 Å². The molecule has 0 aliphatic rings. The van der Waals surface area contributed by atoms with Crippen LogP contribution in [0.5, 0.6) is 0 Å². The second-order valence-corrected chi connectivity index (χ2v) is 5.46. The van der Waals surface area contributed by atoms with Crippen molar-refractivity contribution in [3.63, 3.8) is 0 Å². The third-order valence-corrected chi connectivity index (χ3v) is 2.99. The zero-order valence-electron chi connectivity index (χ0n) is 11.7. The van der Waals surface area contributed by atoms with Gasteiger partial charge >= 0.3 is 5.97 Å². The molecule has 0 saturated heterocycles. The Kier molecular flexibility index (Phi) is 6.05. The van der Waals surface area contributed by atoms with Gasteiger partial charge in [-0.3, -0.25) is 4.79 Å². The van der Waals surface area contributed by atoms with Gasteiger partial charge in [0.05, 0.1) is 0 Å². The summed E-state index contributed by atoms with van der Waals surface area (Å²) in [6.45, 7) is 8.72. The predicted octanol–water partition coefficient (Wildman–Crippen LogP) is 1.32. The van der Waals surface area contributed by atoms with E-state index in [1.54, 1.807) is 0 Å². The fraction of sp³-hybridized carbons (Fsp3) is 0.692. The first-order valence-electron chi connectivity index (χ1n) is 5.93. The first-order chi connectivity index (χ1) is 8.11. The van der Waals surface area contributed by atoms with E-state index < -0.39 is 11.9 Å². The molecule has 0 aromatic carbocycles. The second kappa shape index (κ2) is 6.54. The topological polar surface area (TPSA) is 86.6 Å². The first-order valence-corrected chi connectivity index (χ1v) is 5.93. The molecule has 5 nitrogen and oxygen atoms in total. The third-order valence-electron chi connectivity index (χ3n) is 2.99. The Morgan fingerprint density at radius 2 is 1.67 bits per heavy atom. The lowest BCUT2D eigenvalue weighted by atomic mass is 9.84. The Hall–Kier alpha value is -1.36. The van der Waals surface area contributed by atoms with E-state index in [2.05, 4.69) is 5.32 Å². The van der Waals surface area contributed by atoms with Gasteiger partial charge in [-0.1, -0.05) is 20.8 Å². The number of aliphatic hydroxyl groups excluding tert-OH is 1. The summed E-state index contributed by atoms with van der Waals surface area (Å²) in [5.74, 6) is -1.50. The summed E-state index contributed by atoms with van der Waals surface area (Å²) in [6, 6.07) is -0.202. The predicted molar refractivity (Wildman–Crippen MR) is 69.1 cm³/mol. The average molecular weight is 257 g/mol. The van der Waals surface area contributed by atoms with E-state index in [9.17, 15) is 9.59 Å². The Bertz CT molecular complexity index is 352. The first kappa shape index (κ1) is 16.6. The van der Waals surface area contributed by atoms with Gasteiger partial charge in [0.15, 0.2) is 0 Å². The van der Waals surface area contributed by atoms with Crippen molar-refractivity contribution in [1.29, 1.82) is 0 Å². The van der Waals surface area contributed by atoms with Crippen molar-refractivity contribution in [2.24, 2.45) is 5.41 Å². The van der Waals surface area contributed by atoms with Gasteiger partial charge in [-0.2, -0.15) is 0 Å². The minimum absolute atomic E-state index is 0.0249. The van der Waals surface area contributed by atoms with E-state index in [0.29, 0.717) is 6.42 Å². The molecule has 0 heterocycles. The lowest BCUT2D eigenvalue weighted by Crippen LogP contribution is -2.44. The highest BCUT2D eigenvalue weighted by atomic mass is 16.4. The van der Waals surface area contributed by atoms with Gasteiger partial charge in [0.1, 0.15) is 0 Å². The van der Waals surface area contributed by atoms with Gasteiger partial charge in [-0.25, -0.2) is 4.79 Å². The number of carbonyl (C=O) groups is 2. The largest absolute Gasteiger partial charge is 0.478 e. The van der Waals surface area contributed by atoms with Gasteiger partial charge in [0.2, 0.25) is 5.91 Å². The molecule has 104 valence electrons. The molecule has 5 heteroatoms. The molecule has 0 aliphatic heterocycles. The Balaban J connectivity index is 4.92. The van der Waals surface area contributed by atoms with Crippen LogP contribution in [0.25, 0.3) is 0 Å². The molecule has 0 saturated carbocycles. The molecule has 0 bridgehead atoms. The number of hydrogen-bond donors (Lipinski definition) is 3. The number of hydrogen-bond acceptors (Lipinski definition) is 3. The van der Waals surface area contributed by atoms with Gasteiger partial charge < -0.3 is 15.5 Å². The van der Waals surface area contributed by atoms with Crippen LogP contribution in [0, 0.1) is 5.41 Å². The molecule has 1 amide bonds. The zero-order valence-corrected chi connectivity index (χ0v) is 11.7. The monoisotopic (exact) mass is 257 g/mol. The molecule has 0 fully saturated rings. The average Bonchev–Trinajstić information content (AvgIpc) is 2.24. The molecule has 18 heavy (non-hydrogen) atoms. The second-order valence-electron chi connectivity index (χ2n) is 5.46. The Morgan fingerprint density at radius 3 is 2.00 bits per heavy atom. The van der Waals surface area contributed by atoms with Crippen LogP contribution in [-0.4, -0.2) is 34.7 Å². The van der Waals surface area contributed by atoms with Crippen LogP contribution in [0.15, 0.2) is 11.1 Å². The number of carbonyl (C=O) groups excluding carboxylic acids is 1. The fourth-order valence-corrected chi connectivity index (χ4v) is 1.45. The molecule has 0 radical (unpaired) electrons. The van der Waals surface area contributed by atoms with Crippen LogP contribution >= 0.6 is 0 Å². The summed E-state index contributed by atoms with van der Waals surface area (Å²) in [4.78, 5) is 22.7. The molecule has 0 spiro atoms. The molecule has 0 rings (SSSR count). The van der Waals surface area contributed by atoms with E-state index in [0.717, 1.165) is 0 Å². The summed E-state index contributed by atoms with van der Waals surface area (Å²) >= 11 is 0. The molecule has 1 unspecified atom stereocenters. The SMILES string of the molecule is CC(C(=O)O)=C(C)C(=O)NC(CCO)C(C)(C)C. The van der Waals surface area contributed by atoms with Crippen molar-refractivity contribution in [2.75, 3.05) is 6.61 Å². The summed E-state index contributed by atoms with van der Waals surface area (Å²) in [6.07, 6.45) is 0.439. The standard InChI is InChI=1S/C13H23NO4/c1-8(9(2)12(17)18)11(16)14-10(6-7-15)13(3,4)5/h10,15H,6-7H2,1-5H3,(H,14,16)(H,17,18). The number of amides is 1. The van der Waals surface area contributed by atoms with Crippen molar-refractivity contribution >= 4 is 11.9 Å². The van der Waals surface area contributed by atoms with E-state index in [1.807, 2.05) is 20.8 Å². The highest BCUT2D eigenvalue weighted by molar-refractivity contribution is 6.01. The van der Waals surface area contributed by atoms with E-state index >= 15 is 0 Å². The quantitative estimate of drug-likeness (QED) is 0.648. The lowest BCUT2D eigenvalue weighted by molar-refractivity contribution is -0.133. The molecule has 0 aliphatic carbocycles. The number of carboxylic acid groups (broad SMARTS) is 1. The van der Waals surface area contributed by atoms with Crippen LogP contribution in [0.3, 0.4) is 0 Å². The normalized spacial score (nSPS) is 14.8. The van der Waals surface area contributed by atoms with E-state index in [1.165, 1.54) is 13.8 Å². The molecule has 1 atom stereocenters. The van der Waals surface area contributed by atoms with Crippen LogP contribution in [0.4, 0.5) is 0 Å². The zero-order chi connectivity index (χ0) is 14.5. The highest BCUT2D eigenvalue weighted by Gasteiger charge is 2.26. The minimum Gasteiger partial charge on any atom is -0.478 e. The lowest BCUT2D eigenvalue weighted by Gasteiger charge is -2.31. The molecule has 0 aromatic rings. The van der Waals surface area contributed by atoms with Gasteiger partial charge in [-0.15, -0.1) is 0 Å². The number of rotatable bonds is 5. The smallest absolute Gasteiger partial charge is 0.331 e. The number of carboxylic acids is 1. The van der Waals surface area contributed by atoms with Crippen molar-refractivity contribution < 1.29 is 19.8 Å². The fourth-order valence-electron chi connectivity index (χ4n) is 1.45. The van der Waals surface area contributed by atoms with Gasteiger partial charge in [0.25, 0.3) is 0 Å². The maximum atomic E-state index is 11.9. The maximum absolute atomic E-state index is 11.9. The summed E-state index contributed by atoms with van der Waals surface area (Å²) in [7, 11) is 0. The van der Waals surface area contributed by atoms with E-state index in [-0.39, 0.29) is 29.2 Å². The minimum atomic E-state index is -1.10. The number of aliphatic carboxylic acids is 1. The van der Waals surface area contributed by atoms with Crippen molar-refractivity contribution in [2.45, 2.75) is 47.1 Å². The maximum Gasteiger partial charge on any atom is 0.331 e. The molecule has 0 aromatic heterocycles. The summed E-state index contributed by atoms with van der Waals surface area (Å²) in [5, 5.41) is 20.6. The molecule has 3 N–H and O–H groups in total. The van der Waals surface area contributed by atoms with Gasteiger partial charge in [-0.05, 0) is 25.7 Å². The highest BCUT2D eigenvalue weighted by Crippen LogP contribution is 2.22. The van der Waals surface area contributed by atoms with Gasteiger partial charge in [0, 0.05) is 23.8 Å². The number of aliphatic hydroxyl groups is 1. The molecular formula is C13H23NO4. The van der Waals surface area contributed by atoms with Crippen molar-refractivity contribution in [1.82, 2.24) is 5.32 Å². The summed E-state index contributed by atoms with van der Waals surface area (Å²) in [5.41, 5.74) is 0.0225. The summed E-state index contributed by atoms with van der Waals surface area (Å²) < 4.78 is 0. The van der Waals surface area contributed by atoms with E-state index in [4.69, 9.17) is 10.2 Å². The number of nitrogens with one attached hydrogen (secondary N) is 1.